The van der Waals surface area contributed by atoms with Gasteiger partial charge < -0.3 is 20.9 Å². The van der Waals surface area contributed by atoms with Gasteiger partial charge in [-0.05, 0) is 62.4 Å². The quantitative estimate of drug-likeness (QED) is 0.211. The Kier molecular flexibility index (Phi) is 9.77. The minimum atomic E-state index is -0.510. The molecule has 0 saturated carbocycles. The summed E-state index contributed by atoms with van der Waals surface area (Å²) in [5.41, 5.74) is 7.88. The highest BCUT2D eigenvalue weighted by atomic mass is 35.5. The summed E-state index contributed by atoms with van der Waals surface area (Å²) >= 11 is 12.6. The van der Waals surface area contributed by atoms with Gasteiger partial charge in [0.25, 0.3) is 11.1 Å². The third-order valence-corrected chi connectivity index (χ3v) is 9.09. The Bertz CT molecular complexity index is 2650. The summed E-state index contributed by atoms with van der Waals surface area (Å²) in [4.78, 5) is 52.3. The number of hydrogen-bond acceptors (Lipinski definition) is 10. The molecule has 12 nitrogen and oxygen atoms in total. The number of nitrogens with one attached hydrogen (secondary N) is 2. The third kappa shape index (κ3) is 6.74. The second-order valence-corrected chi connectivity index (χ2v) is 12.9. The number of H-pyrrole nitrogens is 1. The monoisotopic (exact) mass is 730 g/mol. The molecular weight excluding hydrogens is 699 g/mol. The van der Waals surface area contributed by atoms with Crippen LogP contribution in [0.1, 0.15) is 25.7 Å². The summed E-state index contributed by atoms with van der Waals surface area (Å²) in [5, 5.41) is 6.62. The van der Waals surface area contributed by atoms with Gasteiger partial charge in [-0.1, -0.05) is 71.7 Å². The molecule has 2 unspecified atom stereocenters. The lowest BCUT2D eigenvalue weighted by atomic mass is 10.1. The van der Waals surface area contributed by atoms with Crippen LogP contribution >= 0.6 is 23.2 Å². The number of halogens is 2. The Balaban J connectivity index is 0.000000180. The fourth-order valence-electron chi connectivity index (χ4n) is 5.99. The molecule has 1 aliphatic heterocycles. The van der Waals surface area contributed by atoms with Crippen molar-refractivity contribution in [2.24, 2.45) is 10.7 Å². The number of nitrogens with zero attached hydrogens (tertiary/aromatic N) is 7. The highest BCUT2D eigenvalue weighted by Gasteiger charge is 2.24. The van der Waals surface area contributed by atoms with Gasteiger partial charge in [0.05, 0.1) is 44.4 Å². The van der Waals surface area contributed by atoms with Crippen molar-refractivity contribution in [3.05, 3.63) is 157 Å². The van der Waals surface area contributed by atoms with Gasteiger partial charge >= 0.3 is 0 Å². The molecule has 3 atom stereocenters. The molecule has 0 bridgehead atoms. The Hall–Kier alpha value is -5.95. The number of para-hydroxylation sites is 2. The molecule has 0 radical (unpaired) electrons. The molecule has 14 heteroatoms. The van der Waals surface area contributed by atoms with Crippen LogP contribution in [0.25, 0.3) is 33.8 Å². The second kappa shape index (κ2) is 14.7. The zero-order chi connectivity index (χ0) is 36.4. The van der Waals surface area contributed by atoms with E-state index in [0.29, 0.717) is 32.5 Å². The van der Waals surface area contributed by atoms with Crippen molar-refractivity contribution in [2.45, 2.75) is 32.1 Å². The maximum atomic E-state index is 13.5. The first-order valence-corrected chi connectivity index (χ1v) is 17.1. The molecule has 260 valence electrons. The van der Waals surface area contributed by atoms with Crippen molar-refractivity contribution in [3.8, 4) is 5.69 Å². The molecule has 0 spiro atoms. The van der Waals surface area contributed by atoms with Crippen molar-refractivity contribution >= 4 is 62.8 Å². The van der Waals surface area contributed by atoms with E-state index in [1.165, 1.54) is 17.2 Å². The number of rotatable bonds is 6. The summed E-state index contributed by atoms with van der Waals surface area (Å²) in [5.74, 6) is 0.722. The maximum Gasteiger partial charge on any atom is 0.267 e. The van der Waals surface area contributed by atoms with E-state index in [0.717, 1.165) is 16.3 Å². The van der Waals surface area contributed by atoms with Gasteiger partial charge in [-0.15, -0.1) is 0 Å². The molecule has 4 heterocycles. The van der Waals surface area contributed by atoms with Crippen molar-refractivity contribution in [3.63, 3.8) is 0 Å². The fraction of sp³-hybridized carbons (Fsp3) is 0.132. The van der Waals surface area contributed by atoms with Gasteiger partial charge in [0.15, 0.2) is 5.65 Å². The molecule has 0 saturated heterocycles. The largest absolute Gasteiger partial charge is 0.360 e. The van der Waals surface area contributed by atoms with Gasteiger partial charge in [-0.2, -0.15) is 0 Å². The first-order valence-electron chi connectivity index (χ1n) is 16.4. The van der Waals surface area contributed by atoms with Gasteiger partial charge in [-0.3, -0.25) is 19.1 Å². The highest BCUT2D eigenvalue weighted by Crippen LogP contribution is 2.26. The summed E-state index contributed by atoms with van der Waals surface area (Å²) in [6, 6.07) is 29.6. The van der Waals surface area contributed by atoms with Crippen molar-refractivity contribution in [1.29, 1.82) is 0 Å². The maximum absolute atomic E-state index is 13.5. The molecule has 0 fully saturated rings. The molecule has 52 heavy (non-hydrogen) atoms. The summed E-state index contributed by atoms with van der Waals surface area (Å²) in [6.07, 6.45) is 4.52. The normalized spacial score (nSPS) is 14.7. The smallest absolute Gasteiger partial charge is 0.267 e. The molecule has 4 aromatic carbocycles. The molecule has 0 amide bonds. The number of fused-ring (bicyclic) bond motifs is 3. The van der Waals surface area contributed by atoms with Gasteiger partial charge in [0.2, 0.25) is 0 Å². The van der Waals surface area contributed by atoms with E-state index in [-0.39, 0.29) is 40.2 Å². The van der Waals surface area contributed by atoms with Crippen LogP contribution < -0.4 is 37.6 Å². The standard InChI is InChI=1S/C22H16ClN7O2.C16H16ClN3/c1-12(28-19-17-18(24-10-26-19)25-11-27-21(17)31)20-29-15-9-5-8-14(23)16(15)22(32)30(20)13-6-3-2-4-7-13;1-11(18)16-19-15-9-5-8-14(17)13(15)10-20(16)12-6-3-2-4-7-12/h2-12H,1H3,(H2,24,25,26,27,28,31);2-11,16H,18H2,1H3/t;11?,16-/m.1/s1. The Morgan fingerprint density at radius 3 is 2.23 bits per heavy atom. The molecule has 7 aromatic rings. The number of nitrogens with two attached hydrogens (primary N) is 1. The molecule has 1 aliphatic rings. The van der Waals surface area contributed by atoms with Crippen molar-refractivity contribution in [1.82, 2.24) is 29.5 Å². The van der Waals surface area contributed by atoms with Crippen LogP contribution in [0.15, 0.2) is 124 Å². The molecule has 0 aliphatic carbocycles. The van der Waals surface area contributed by atoms with E-state index in [9.17, 15) is 9.59 Å². The number of hydrogen-bond donors (Lipinski definition) is 3. The Morgan fingerprint density at radius 1 is 0.808 bits per heavy atom. The highest BCUT2D eigenvalue weighted by molar-refractivity contribution is 6.35. The van der Waals surface area contributed by atoms with E-state index in [1.807, 2.05) is 98.9 Å². The lowest BCUT2D eigenvalue weighted by molar-refractivity contribution is 0.557. The molecular formula is C38H32Cl2N10O2. The third-order valence-electron chi connectivity index (χ3n) is 8.44. The lowest BCUT2D eigenvalue weighted by Crippen LogP contribution is -2.49. The van der Waals surface area contributed by atoms with E-state index in [4.69, 9.17) is 38.9 Å². The number of benzene rings is 4. The summed E-state index contributed by atoms with van der Waals surface area (Å²) < 4.78 is 1.51. The topological polar surface area (TPSA) is 160 Å². The van der Waals surface area contributed by atoms with Crippen LogP contribution in [-0.2, 0) is 0 Å². The first-order chi connectivity index (χ1) is 25.2. The number of anilines is 2. The van der Waals surface area contributed by atoms with Crippen LogP contribution in [0, 0.1) is 0 Å². The molecule has 8 rings (SSSR count). The predicted molar refractivity (Wildman–Crippen MR) is 205 cm³/mol. The zero-order valence-electron chi connectivity index (χ0n) is 28.0. The average Bonchev–Trinajstić information content (AvgIpc) is 3.15. The average molecular weight is 732 g/mol. The number of aromatic amines is 1. The van der Waals surface area contributed by atoms with E-state index in [1.54, 1.807) is 18.2 Å². The minimum Gasteiger partial charge on any atom is -0.360 e. The predicted octanol–water partition coefficient (Wildman–Crippen LogP) is 5.13. The van der Waals surface area contributed by atoms with Crippen LogP contribution in [-0.4, -0.2) is 41.7 Å². The van der Waals surface area contributed by atoms with E-state index < -0.39 is 6.04 Å². The zero-order valence-corrected chi connectivity index (χ0v) is 29.5. The van der Waals surface area contributed by atoms with Crippen molar-refractivity contribution in [2.75, 3.05) is 10.2 Å². The fourth-order valence-corrected chi connectivity index (χ4v) is 6.46. The Labute approximate surface area is 307 Å². The van der Waals surface area contributed by atoms with Gasteiger partial charge in [0, 0.05) is 23.1 Å². The van der Waals surface area contributed by atoms with E-state index in [2.05, 4.69) is 30.2 Å². The lowest BCUT2D eigenvalue weighted by Gasteiger charge is -2.32. The Morgan fingerprint density at radius 2 is 1.50 bits per heavy atom. The van der Waals surface area contributed by atoms with Crippen LogP contribution in [0.5, 0.6) is 0 Å². The summed E-state index contributed by atoms with van der Waals surface area (Å²) in [7, 11) is 0. The summed E-state index contributed by atoms with van der Waals surface area (Å²) in [6.45, 7) is 3.80. The first kappa shape index (κ1) is 34.5. The second-order valence-electron chi connectivity index (χ2n) is 12.0. The molecule has 4 N–H and O–H groups in total. The van der Waals surface area contributed by atoms with Crippen LogP contribution in [0.2, 0.25) is 10.0 Å². The van der Waals surface area contributed by atoms with Gasteiger partial charge in [0.1, 0.15) is 29.5 Å². The van der Waals surface area contributed by atoms with Crippen molar-refractivity contribution < 1.29 is 0 Å². The molecule has 3 aromatic heterocycles. The SMILES string of the molecule is CC(N)[C@@H]1N=c2cccc(Cl)c2=CN1c1ccccc1.CC(Nc1ncnc2nc[nH]c(=O)c12)c1nc2cccc(Cl)c2c(=O)n1-c1ccccc1. The number of aromatic nitrogens is 6. The van der Waals surface area contributed by atoms with E-state index >= 15 is 0 Å². The minimum absolute atomic E-state index is 0.0846. The van der Waals surface area contributed by atoms with Gasteiger partial charge in [-0.25, -0.2) is 19.9 Å². The van der Waals surface area contributed by atoms with Crippen LogP contribution in [0.3, 0.4) is 0 Å². The van der Waals surface area contributed by atoms with Crippen LogP contribution in [0.4, 0.5) is 11.5 Å².